The molecular weight excluding hydrogens is 151 g/mol. The van der Waals surface area contributed by atoms with Crippen molar-refractivity contribution in [2.24, 2.45) is 0 Å². The Labute approximate surface area is 62.1 Å². The summed E-state index contributed by atoms with van der Waals surface area (Å²) < 4.78 is 12.4. The lowest BCUT2D eigenvalue weighted by Crippen LogP contribution is -2.29. The molecule has 2 rings (SSSR count). The van der Waals surface area contributed by atoms with E-state index < -0.39 is 0 Å². The Morgan fingerprint density at radius 2 is 2.40 bits per heavy atom. The van der Waals surface area contributed by atoms with E-state index in [1.807, 2.05) is 5.41 Å². The number of hydrogen-bond acceptors (Lipinski definition) is 3. The maximum atomic E-state index is 12.4. The number of rotatable bonds is 0. The molecule has 52 valence electrons. The van der Waals surface area contributed by atoms with Gasteiger partial charge in [0.15, 0.2) is 0 Å². The normalized spacial score (nSPS) is 21.5. The quantitative estimate of drug-likeness (QED) is 0.537. The number of nitrogens with one attached hydrogen (secondary N) is 1. The van der Waals surface area contributed by atoms with Crippen LogP contribution in [0.15, 0.2) is 34.7 Å². The molecule has 2 aliphatic heterocycles. The van der Waals surface area contributed by atoms with Gasteiger partial charge < -0.3 is 0 Å². The Bertz CT molecular complexity index is 244. The van der Waals surface area contributed by atoms with E-state index in [1.165, 1.54) is 6.08 Å². The van der Waals surface area contributed by atoms with Crippen molar-refractivity contribution in [2.45, 2.75) is 0 Å². The van der Waals surface area contributed by atoms with E-state index in [0.717, 1.165) is 5.03 Å². The summed E-state index contributed by atoms with van der Waals surface area (Å²) in [6, 6.07) is 0. The summed E-state index contributed by atoms with van der Waals surface area (Å²) in [5.74, 6) is -0.323. The van der Waals surface area contributed by atoms with Gasteiger partial charge in [-0.3, -0.25) is 10.4 Å². The van der Waals surface area contributed by atoms with E-state index in [9.17, 15) is 4.39 Å². The zero-order valence-electron chi connectivity index (χ0n) is 5.04. The molecule has 1 N–H and O–H groups in total. The van der Waals surface area contributed by atoms with Gasteiger partial charge in [-0.15, -0.1) is 0 Å². The van der Waals surface area contributed by atoms with E-state index >= 15 is 0 Å². The van der Waals surface area contributed by atoms with Gasteiger partial charge in [0.25, 0.3) is 0 Å². The van der Waals surface area contributed by atoms with Crippen molar-refractivity contribution in [1.29, 1.82) is 0 Å². The van der Waals surface area contributed by atoms with Crippen LogP contribution in [-0.4, -0.2) is 5.01 Å². The highest BCUT2D eigenvalue weighted by Crippen LogP contribution is 2.29. The van der Waals surface area contributed by atoms with Gasteiger partial charge in [-0.25, -0.2) is 0 Å². The van der Waals surface area contributed by atoms with Gasteiger partial charge in [0.2, 0.25) is 5.95 Å². The monoisotopic (exact) mass is 156 g/mol. The van der Waals surface area contributed by atoms with Crippen LogP contribution >= 0.6 is 11.8 Å². The Balaban J connectivity index is 2.28. The predicted octanol–water partition coefficient (Wildman–Crippen LogP) is 1.68. The topological polar surface area (TPSA) is 15.3 Å². The van der Waals surface area contributed by atoms with E-state index in [-0.39, 0.29) is 5.95 Å². The van der Waals surface area contributed by atoms with Crippen molar-refractivity contribution >= 4 is 11.8 Å². The molecule has 0 saturated heterocycles. The van der Waals surface area contributed by atoms with Gasteiger partial charge in [0, 0.05) is 6.20 Å². The van der Waals surface area contributed by atoms with Gasteiger partial charge in [-0.05, 0) is 17.6 Å². The minimum absolute atomic E-state index is 0.323. The smallest absolute Gasteiger partial charge is 0.206 e. The second kappa shape index (κ2) is 2.05. The number of nitrogens with zero attached hydrogens (tertiary/aromatic N) is 1. The van der Waals surface area contributed by atoms with Crippen molar-refractivity contribution in [2.75, 3.05) is 0 Å². The molecule has 0 bridgehead atoms. The lowest BCUT2D eigenvalue weighted by atomic mass is 10.5. The highest BCUT2D eigenvalue weighted by molar-refractivity contribution is 8.06. The summed E-state index contributed by atoms with van der Waals surface area (Å²) in [6.45, 7) is 0. The average Bonchev–Trinajstić information content (AvgIpc) is 2.33. The summed E-state index contributed by atoms with van der Waals surface area (Å²) in [4.78, 5) is 0. The fourth-order valence-electron chi connectivity index (χ4n) is 0.800. The molecular formula is C6H5FN2S. The number of hydrogen-bond donors (Lipinski definition) is 1. The predicted molar refractivity (Wildman–Crippen MR) is 39.0 cm³/mol. The van der Waals surface area contributed by atoms with Crippen LogP contribution < -0.4 is 5.43 Å². The molecule has 4 heteroatoms. The lowest BCUT2D eigenvalue weighted by Gasteiger charge is -2.20. The molecule has 0 amide bonds. The van der Waals surface area contributed by atoms with Crippen LogP contribution in [0.2, 0.25) is 0 Å². The average molecular weight is 156 g/mol. The highest BCUT2D eigenvalue weighted by atomic mass is 32.2. The second-order valence-corrected chi connectivity index (χ2v) is 2.83. The Morgan fingerprint density at radius 3 is 3.30 bits per heavy atom. The zero-order chi connectivity index (χ0) is 6.97. The van der Waals surface area contributed by atoms with Gasteiger partial charge in [0.05, 0.1) is 5.03 Å². The zero-order valence-corrected chi connectivity index (χ0v) is 5.86. The molecule has 0 saturated carbocycles. The lowest BCUT2D eigenvalue weighted by molar-refractivity contribution is 0.341. The minimum atomic E-state index is -0.323. The first kappa shape index (κ1) is 5.85. The second-order valence-electron chi connectivity index (χ2n) is 1.90. The van der Waals surface area contributed by atoms with E-state index in [1.54, 1.807) is 29.0 Å². The van der Waals surface area contributed by atoms with Crippen molar-refractivity contribution in [3.05, 3.63) is 34.7 Å². The van der Waals surface area contributed by atoms with Gasteiger partial charge in [0.1, 0.15) is 0 Å². The van der Waals surface area contributed by atoms with E-state index in [0.29, 0.717) is 0 Å². The van der Waals surface area contributed by atoms with Gasteiger partial charge in [-0.1, -0.05) is 11.8 Å². The third-order valence-electron chi connectivity index (χ3n) is 1.24. The van der Waals surface area contributed by atoms with Crippen LogP contribution in [0.4, 0.5) is 4.39 Å². The van der Waals surface area contributed by atoms with Crippen molar-refractivity contribution in [1.82, 2.24) is 10.4 Å². The van der Waals surface area contributed by atoms with E-state index in [4.69, 9.17) is 0 Å². The molecule has 10 heavy (non-hydrogen) atoms. The van der Waals surface area contributed by atoms with Crippen LogP contribution in [0.25, 0.3) is 0 Å². The number of thioether (sulfide) groups is 1. The first-order valence-electron chi connectivity index (χ1n) is 2.83. The molecule has 0 aromatic carbocycles. The molecule has 0 spiro atoms. The summed E-state index contributed by atoms with van der Waals surface area (Å²) in [5, 5.41) is 4.53. The molecule has 2 aliphatic rings. The standard InChI is InChI=1S/C6H5FN2S/c7-5-1-2-6-9(8-5)3-4-10-6/h1-4,8H. The summed E-state index contributed by atoms with van der Waals surface area (Å²) in [6.07, 6.45) is 4.92. The maximum Gasteiger partial charge on any atom is 0.206 e. The first-order valence-corrected chi connectivity index (χ1v) is 3.71. The largest absolute Gasteiger partial charge is 0.269 e. The van der Waals surface area contributed by atoms with Crippen LogP contribution in [0.3, 0.4) is 0 Å². The number of fused-ring (bicyclic) bond motifs is 1. The molecule has 2 heterocycles. The van der Waals surface area contributed by atoms with Crippen molar-refractivity contribution < 1.29 is 4.39 Å². The number of allylic oxidation sites excluding steroid dienone is 2. The SMILES string of the molecule is FC1=CC=C2SC=CN2N1. The summed E-state index contributed by atoms with van der Waals surface area (Å²) >= 11 is 1.56. The van der Waals surface area contributed by atoms with Gasteiger partial charge >= 0.3 is 0 Å². The third kappa shape index (κ3) is 0.806. The molecule has 0 aromatic rings. The van der Waals surface area contributed by atoms with Crippen LogP contribution in [0.5, 0.6) is 0 Å². The number of hydrazine groups is 1. The third-order valence-corrected chi connectivity index (χ3v) is 2.07. The van der Waals surface area contributed by atoms with Gasteiger partial charge in [-0.2, -0.15) is 4.39 Å². The fraction of sp³-hybridized carbons (Fsp3) is 0. The first-order chi connectivity index (χ1) is 4.86. The number of halogens is 1. The molecule has 0 atom stereocenters. The Kier molecular flexibility index (Phi) is 1.20. The molecule has 0 aliphatic carbocycles. The van der Waals surface area contributed by atoms with E-state index in [2.05, 4.69) is 5.43 Å². The van der Waals surface area contributed by atoms with Crippen molar-refractivity contribution in [3.8, 4) is 0 Å². The Hall–Kier alpha value is -0.900. The van der Waals surface area contributed by atoms with Crippen LogP contribution in [0, 0.1) is 0 Å². The highest BCUT2D eigenvalue weighted by Gasteiger charge is 2.15. The van der Waals surface area contributed by atoms with Crippen LogP contribution in [0.1, 0.15) is 0 Å². The molecule has 0 fully saturated rings. The minimum Gasteiger partial charge on any atom is -0.269 e. The molecule has 0 radical (unpaired) electrons. The molecule has 2 nitrogen and oxygen atoms in total. The maximum absolute atomic E-state index is 12.4. The molecule has 0 unspecified atom stereocenters. The Morgan fingerprint density at radius 1 is 1.50 bits per heavy atom. The fourth-order valence-corrected chi connectivity index (χ4v) is 1.49. The van der Waals surface area contributed by atoms with Crippen LogP contribution in [-0.2, 0) is 0 Å². The van der Waals surface area contributed by atoms with Crippen molar-refractivity contribution in [3.63, 3.8) is 0 Å². The molecule has 0 aromatic heterocycles. The summed E-state index contributed by atoms with van der Waals surface area (Å²) in [5.41, 5.74) is 2.53. The summed E-state index contributed by atoms with van der Waals surface area (Å²) in [7, 11) is 0.